The van der Waals surface area contributed by atoms with Crippen LogP contribution in [0.15, 0.2) is 52.2 Å². The standard InChI is InChI=1S/C19H20N2O5S2/c1-25-17-8-7-14(28(23,24)20-9-4-11-26-12-10-20)13-16(17)21-19(22)15-5-2-3-6-18(15)27-21/h2-3,5-8,13H,4,9-12H2,1H3. The molecule has 1 saturated heterocycles. The Morgan fingerprint density at radius 3 is 2.71 bits per heavy atom. The van der Waals surface area contributed by atoms with Crippen molar-refractivity contribution in [2.75, 3.05) is 33.4 Å². The van der Waals surface area contributed by atoms with Gasteiger partial charge in [0.1, 0.15) is 11.4 Å². The molecule has 4 rings (SSSR count). The molecule has 0 unspecified atom stereocenters. The first kappa shape index (κ1) is 19.1. The fourth-order valence-corrected chi connectivity index (χ4v) is 5.73. The Kier molecular flexibility index (Phi) is 5.24. The van der Waals surface area contributed by atoms with Crippen LogP contribution in [0, 0.1) is 0 Å². The number of hydrogen-bond acceptors (Lipinski definition) is 6. The van der Waals surface area contributed by atoms with Crippen LogP contribution < -0.4 is 10.3 Å². The molecule has 0 spiro atoms. The smallest absolute Gasteiger partial charge is 0.273 e. The summed E-state index contributed by atoms with van der Waals surface area (Å²) < 4.78 is 40.8. The maximum absolute atomic E-state index is 13.1. The van der Waals surface area contributed by atoms with Crippen LogP contribution in [0.1, 0.15) is 6.42 Å². The zero-order valence-electron chi connectivity index (χ0n) is 15.3. The first-order valence-corrected chi connectivity index (χ1v) is 11.1. The van der Waals surface area contributed by atoms with E-state index in [1.165, 1.54) is 39.0 Å². The molecule has 0 atom stereocenters. The van der Waals surface area contributed by atoms with Gasteiger partial charge in [0.25, 0.3) is 5.56 Å². The van der Waals surface area contributed by atoms with Crippen LogP contribution in [0.25, 0.3) is 15.8 Å². The van der Waals surface area contributed by atoms with Gasteiger partial charge in [0.05, 0.1) is 28.7 Å². The summed E-state index contributed by atoms with van der Waals surface area (Å²) in [6, 6.07) is 11.9. The van der Waals surface area contributed by atoms with Crippen molar-refractivity contribution < 1.29 is 17.9 Å². The Balaban J connectivity index is 1.84. The van der Waals surface area contributed by atoms with Crippen molar-refractivity contribution in [3.8, 4) is 11.4 Å². The van der Waals surface area contributed by atoms with E-state index in [9.17, 15) is 13.2 Å². The summed E-state index contributed by atoms with van der Waals surface area (Å²) in [5, 5.41) is 0.590. The third-order valence-corrected chi connectivity index (χ3v) is 7.67. The molecule has 148 valence electrons. The minimum Gasteiger partial charge on any atom is -0.495 e. The minimum atomic E-state index is -3.70. The number of ether oxygens (including phenoxy) is 2. The van der Waals surface area contributed by atoms with E-state index >= 15 is 0 Å². The van der Waals surface area contributed by atoms with E-state index in [4.69, 9.17) is 9.47 Å². The van der Waals surface area contributed by atoms with Crippen molar-refractivity contribution in [1.29, 1.82) is 0 Å². The number of nitrogens with zero attached hydrogens (tertiary/aromatic N) is 2. The average Bonchev–Trinajstić information content (AvgIpc) is 2.89. The van der Waals surface area contributed by atoms with Gasteiger partial charge in [-0.2, -0.15) is 4.31 Å². The molecule has 2 aromatic carbocycles. The van der Waals surface area contributed by atoms with Crippen LogP contribution in [0.2, 0.25) is 0 Å². The summed E-state index contributed by atoms with van der Waals surface area (Å²) in [6.45, 7) is 1.65. The van der Waals surface area contributed by atoms with Crippen LogP contribution in [-0.2, 0) is 14.8 Å². The van der Waals surface area contributed by atoms with Gasteiger partial charge in [-0.05, 0) is 36.8 Å². The lowest BCUT2D eigenvalue weighted by molar-refractivity contribution is 0.148. The van der Waals surface area contributed by atoms with E-state index in [1.807, 2.05) is 12.1 Å². The number of sulfonamides is 1. The van der Waals surface area contributed by atoms with Gasteiger partial charge in [-0.15, -0.1) is 0 Å². The fraction of sp³-hybridized carbons (Fsp3) is 0.316. The van der Waals surface area contributed by atoms with Gasteiger partial charge in [-0.1, -0.05) is 23.7 Å². The molecule has 1 fully saturated rings. The summed E-state index contributed by atoms with van der Waals surface area (Å²) in [5.41, 5.74) is 0.220. The molecule has 1 aliphatic rings. The molecule has 2 heterocycles. The Labute approximate surface area is 166 Å². The van der Waals surface area contributed by atoms with Crippen LogP contribution >= 0.6 is 11.5 Å². The van der Waals surface area contributed by atoms with Crippen molar-refractivity contribution in [1.82, 2.24) is 8.26 Å². The van der Waals surface area contributed by atoms with Gasteiger partial charge >= 0.3 is 0 Å². The zero-order valence-corrected chi connectivity index (χ0v) is 17.0. The van der Waals surface area contributed by atoms with Crippen molar-refractivity contribution in [2.45, 2.75) is 11.3 Å². The second-order valence-electron chi connectivity index (χ2n) is 6.39. The summed E-state index contributed by atoms with van der Waals surface area (Å²) in [4.78, 5) is 13.0. The minimum absolute atomic E-state index is 0.134. The molecule has 0 radical (unpaired) electrons. The maximum Gasteiger partial charge on any atom is 0.273 e. The van der Waals surface area contributed by atoms with Gasteiger partial charge in [0, 0.05) is 19.7 Å². The lowest BCUT2D eigenvalue weighted by Gasteiger charge is -2.20. The van der Waals surface area contributed by atoms with Gasteiger partial charge in [-0.25, -0.2) is 12.4 Å². The lowest BCUT2D eigenvalue weighted by Crippen LogP contribution is -2.33. The predicted octanol–water partition coefficient (Wildman–Crippen LogP) is 2.47. The van der Waals surface area contributed by atoms with E-state index < -0.39 is 10.0 Å². The average molecular weight is 421 g/mol. The highest BCUT2D eigenvalue weighted by atomic mass is 32.2. The van der Waals surface area contributed by atoms with E-state index in [-0.39, 0.29) is 10.5 Å². The topological polar surface area (TPSA) is 77.8 Å². The SMILES string of the molecule is COc1ccc(S(=O)(=O)N2CCCOCC2)cc1-n1sc2ccccc2c1=O. The van der Waals surface area contributed by atoms with E-state index in [0.29, 0.717) is 49.5 Å². The largest absolute Gasteiger partial charge is 0.495 e. The van der Waals surface area contributed by atoms with Gasteiger partial charge in [0.2, 0.25) is 10.0 Å². The number of aromatic nitrogens is 1. The lowest BCUT2D eigenvalue weighted by atomic mass is 10.2. The molecule has 1 aromatic heterocycles. The second-order valence-corrected chi connectivity index (χ2v) is 9.32. The number of benzene rings is 2. The molecule has 0 amide bonds. The normalized spacial score (nSPS) is 16.2. The summed E-state index contributed by atoms with van der Waals surface area (Å²) in [7, 11) is -2.20. The molecule has 0 aliphatic carbocycles. The van der Waals surface area contributed by atoms with Gasteiger partial charge < -0.3 is 9.47 Å². The monoisotopic (exact) mass is 420 g/mol. The Hall–Kier alpha value is -2.20. The summed E-state index contributed by atoms with van der Waals surface area (Å²) >= 11 is 1.26. The first-order valence-electron chi connectivity index (χ1n) is 8.90. The van der Waals surface area contributed by atoms with Crippen LogP contribution in [0.5, 0.6) is 5.75 Å². The molecular weight excluding hydrogens is 400 g/mol. The van der Waals surface area contributed by atoms with Gasteiger partial charge in [-0.3, -0.25) is 4.79 Å². The maximum atomic E-state index is 13.1. The van der Waals surface area contributed by atoms with Crippen LogP contribution in [0.4, 0.5) is 0 Å². The first-order chi connectivity index (χ1) is 13.5. The highest BCUT2D eigenvalue weighted by molar-refractivity contribution is 7.89. The van der Waals surface area contributed by atoms with Crippen molar-refractivity contribution >= 4 is 31.6 Å². The molecule has 28 heavy (non-hydrogen) atoms. The third kappa shape index (κ3) is 3.35. The summed E-state index contributed by atoms with van der Waals surface area (Å²) in [5.74, 6) is 0.437. The van der Waals surface area contributed by atoms with Crippen molar-refractivity contribution in [3.63, 3.8) is 0 Å². The number of methoxy groups -OCH3 is 1. The Bertz CT molecular complexity index is 1160. The van der Waals surface area contributed by atoms with Crippen LogP contribution in [0.3, 0.4) is 0 Å². The molecule has 0 N–H and O–H groups in total. The third-order valence-electron chi connectivity index (χ3n) is 4.68. The van der Waals surface area contributed by atoms with Gasteiger partial charge in [0.15, 0.2) is 0 Å². The second kappa shape index (κ2) is 7.67. The molecule has 1 aliphatic heterocycles. The van der Waals surface area contributed by atoms with E-state index in [1.54, 1.807) is 18.2 Å². The number of fused-ring (bicyclic) bond motifs is 1. The molecular formula is C19H20N2O5S2. The molecule has 0 bridgehead atoms. The van der Waals surface area contributed by atoms with E-state index in [2.05, 4.69) is 0 Å². The Morgan fingerprint density at radius 2 is 1.93 bits per heavy atom. The molecule has 3 aromatic rings. The van der Waals surface area contributed by atoms with E-state index in [0.717, 1.165) is 4.70 Å². The predicted molar refractivity (Wildman–Crippen MR) is 108 cm³/mol. The Morgan fingerprint density at radius 1 is 1.11 bits per heavy atom. The summed E-state index contributed by atoms with van der Waals surface area (Å²) in [6.07, 6.45) is 0.651. The van der Waals surface area contributed by atoms with Crippen molar-refractivity contribution in [3.05, 3.63) is 52.8 Å². The number of rotatable bonds is 4. The molecule has 9 heteroatoms. The quantitative estimate of drug-likeness (QED) is 0.648. The zero-order chi connectivity index (χ0) is 19.7. The van der Waals surface area contributed by atoms with Crippen LogP contribution in [-0.4, -0.2) is 50.1 Å². The molecule has 0 saturated carbocycles. The van der Waals surface area contributed by atoms with Crippen molar-refractivity contribution in [2.24, 2.45) is 0 Å². The molecule has 7 nitrogen and oxygen atoms in total. The highest BCUT2D eigenvalue weighted by Gasteiger charge is 2.27. The highest BCUT2D eigenvalue weighted by Crippen LogP contribution is 2.30. The number of hydrogen-bond donors (Lipinski definition) is 0. The fourth-order valence-electron chi connectivity index (χ4n) is 3.23.